The van der Waals surface area contributed by atoms with E-state index in [1.807, 2.05) is 30.3 Å². The van der Waals surface area contributed by atoms with Crippen LogP contribution in [0.1, 0.15) is 18.1 Å². The van der Waals surface area contributed by atoms with Gasteiger partial charge in [-0.1, -0.05) is 42.5 Å². The van der Waals surface area contributed by atoms with Crippen LogP contribution in [0.15, 0.2) is 54.6 Å². The topological polar surface area (TPSA) is 35.5 Å². The van der Waals surface area contributed by atoms with E-state index in [2.05, 4.69) is 17.0 Å². The highest BCUT2D eigenvalue weighted by atomic mass is 17.2. The Morgan fingerprint density at radius 3 is 2.17 bits per heavy atom. The fraction of sp³-hybridized carbons (Fsp3) is 0.133. The maximum absolute atomic E-state index is 10.6. The van der Waals surface area contributed by atoms with E-state index in [9.17, 15) is 4.79 Å². The smallest absolute Gasteiger partial charge is 0.287 e. The summed E-state index contributed by atoms with van der Waals surface area (Å²) in [6.07, 6.45) is 0.870. The lowest BCUT2D eigenvalue weighted by Crippen LogP contribution is -2.02. The zero-order chi connectivity index (χ0) is 12.8. The van der Waals surface area contributed by atoms with Gasteiger partial charge in [-0.3, -0.25) is 9.78 Å². The molecule has 0 aliphatic rings. The van der Waals surface area contributed by atoms with Crippen molar-refractivity contribution in [3.05, 3.63) is 65.7 Å². The van der Waals surface area contributed by atoms with Gasteiger partial charge in [-0.15, -0.1) is 0 Å². The highest BCUT2D eigenvalue weighted by molar-refractivity contribution is 5.65. The fourth-order valence-corrected chi connectivity index (χ4v) is 1.60. The van der Waals surface area contributed by atoms with E-state index in [0.717, 1.165) is 6.42 Å². The van der Waals surface area contributed by atoms with E-state index in [0.29, 0.717) is 5.75 Å². The van der Waals surface area contributed by atoms with Crippen LogP contribution in [0.25, 0.3) is 0 Å². The van der Waals surface area contributed by atoms with Crippen LogP contribution in [0, 0.1) is 0 Å². The third kappa shape index (κ3) is 3.63. The van der Waals surface area contributed by atoms with Crippen LogP contribution in [0.3, 0.4) is 0 Å². The van der Waals surface area contributed by atoms with E-state index in [-0.39, 0.29) is 0 Å². The number of carbonyl (C=O) groups is 1. The summed E-state index contributed by atoms with van der Waals surface area (Å²) in [7, 11) is 0. The molecular formula is C15H14O3. The Kier molecular flexibility index (Phi) is 3.97. The minimum absolute atomic E-state index is 0.469. The van der Waals surface area contributed by atoms with Gasteiger partial charge >= 0.3 is 5.97 Å². The predicted molar refractivity (Wildman–Crippen MR) is 68.1 cm³/mol. The Bertz CT molecular complexity index is 503. The standard InChI is InChI=1S/C15H14O3/c1-12(16)17-18-15-9-7-14(8-10-15)11-13-5-3-2-4-6-13/h2-10H,11H2,1H3. The second kappa shape index (κ2) is 5.87. The summed E-state index contributed by atoms with van der Waals surface area (Å²) in [5, 5.41) is 0. The lowest BCUT2D eigenvalue weighted by atomic mass is 10.1. The van der Waals surface area contributed by atoms with Crippen molar-refractivity contribution in [3.63, 3.8) is 0 Å². The van der Waals surface area contributed by atoms with Gasteiger partial charge in [0.15, 0.2) is 5.75 Å². The first-order valence-electron chi connectivity index (χ1n) is 5.72. The van der Waals surface area contributed by atoms with E-state index >= 15 is 0 Å². The number of benzene rings is 2. The van der Waals surface area contributed by atoms with Crippen LogP contribution in [0.4, 0.5) is 0 Å². The van der Waals surface area contributed by atoms with Crippen LogP contribution in [-0.4, -0.2) is 5.97 Å². The summed E-state index contributed by atoms with van der Waals surface area (Å²) in [6.45, 7) is 1.30. The molecule has 0 aromatic heterocycles. The summed E-state index contributed by atoms with van der Waals surface area (Å²) in [5.41, 5.74) is 2.43. The molecule has 0 fully saturated rings. The van der Waals surface area contributed by atoms with Crippen molar-refractivity contribution in [2.45, 2.75) is 13.3 Å². The summed E-state index contributed by atoms with van der Waals surface area (Å²) < 4.78 is 0. The van der Waals surface area contributed by atoms with Crippen molar-refractivity contribution < 1.29 is 14.6 Å². The molecule has 3 nitrogen and oxygen atoms in total. The monoisotopic (exact) mass is 242 g/mol. The van der Waals surface area contributed by atoms with Gasteiger partial charge in [0.2, 0.25) is 0 Å². The molecule has 0 spiro atoms. The first-order chi connectivity index (χ1) is 8.74. The number of hydrogen-bond acceptors (Lipinski definition) is 3. The predicted octanol–water partition coefficient (Wildman–Crippen LogP) is 3.13. The molecule has 0 N–H and O–H groups in total. The molecule has 2 rings (SSSR count). The number of hydrogen-bond donors (Lipinski definition) is 0. The van der Waals surface area contributed by atoms with Crippen LogP contribution < -0.4 is 4.89 Å². The minimum atomic E-state index is -0.469. The lowest BCUT2D eigenvalue weighted by molar-refractivity contribution is -0.210. The first-order valence-corrected chi connectivity index (χ1v) is 5.72. The van der Waals surface area contributed by atoms with Gasteiger partial charge in [0.05, 0.1) is 0 Å². The minimum Gasteiger partial charge on any atom is -0.287 e. The summed E-state index contributed by atoms with van der Waals surface area (Å²) in [5.74, 6) is 0.0466. The van der Waals surface area contributed by atoms with Crippen LogP contribution >= 0.6 is 0 Å². The molecule has 18 heavy (non-hydrogen) atoms. The highest BCUT2D eigenvalue weighted by Gasteiger charge is 2.00. The molecule has 92 valence electrons. The van der Waals surface area contributed by atoms with Crippen LogP contribution in [-0.2, 0) is 16.1 Å². The average molecular weight is 242 g/mol. The molecule has 0 saturated heterocycles. The maximum atomic E-state index is 10.6. The zero-order valence-corrected chi connectivity index (χ0v) is 10.1. The van der Waals surface area contributed by atoms with Gasteiger partial charge in [0.1, 0.15) is 0 Å². The van der Waals surface area contributed by atoms with E-state index < -0.39 is 5.97 Å². The Balaban J connectivity index is 1.97. The van der Waals surface area contributed by atoms with Gasteiger partial charge in [-0.2, -0.15) is 0 Å². The molecule has 0 amide bonds. The number of rotatable bonds is 4. The van der Waals surface area contributed by atoms with Crippen molar-refractivity contribution >= 4 is 5.97 Å². The molecule has 0 bridgehead atoms. The molecule has 0 radical (unpaired) electrons. The molecule has 3 heteroatoms. The molecule has 0 aliphatic heterocycles. The van der Waals surface area contributed by atoms with Crippen LogP contribution in [0.5, 0.6) is 5.75 Å². The van der Waals surface area contributed by atoms with Crippen LogP contribution in [0.2, 0.25) is 0 Å². The van der Waals surface area contributed by atoms with Crippen molar-refractivity contribution in [1.29, 1.82) is 0 Å². The molecular weight excluding hydrogens is 228 g/mol. The van der Waals surface area contributed by atoms with Crippen molar-refractivity contribution in [3.8, 4) is 5.75 Å². The Labute approximate surface area is 106 Å². The maximum Gasteiger partial charge on any atom is 0.352 e. The summed E-state index contributed by atoms with van der Waals surface area (Å²) in [6, 6.07) is 17.7. The molecule has 2 aromatic rings. The van der Waals surface area contributed by atoms with Crippen molar-refractivity contribution in [2.24, 2.45) is 0 Å². The third-order valence-electron chi connectivity index (χ3n) is 2.43. The van der Waals surface area contributed by atoms with E-state index in [1.54, 1.807) is 12.1 Å². The number of carbonyl (C=O) groups excluding carboxylic acids is 1. The van der Waals surface area contributed by atoms with Crippen molar-refractivity contribution in [2.75, 3.05) is 0 Å². The van der Waals surface area contributed by atoms with Gasteiger partial charge in [-0.05, 0) is 29.7 Å². The molecule has 2 aromatic carbocycles. The second-order valence-corrected chi connectivity index (χ2v) is 3.96. The quantitative estimate of drug-likeness (QED) is 0.610. The van der Waals surface area contributed by atoms with E-state index in [4.69, 9.17) is 4.89 Å². The highest BCUT2D eigenvalue weighted by Crippen LogP contribution is 2.15. The Morgan fingerprint density at radius 2 is 1.56 bits per heavy atom. The average Bonchev–Trinajstić information content (AvgIpc) is 2.39. The Hall–Kier alpha value is -2.29. The fourth-order valence-electron chi connectivity index (χ4n) is 1.60. The molecule has 0 unspecified atom stereocenters. The molecule has 0 saturated carbocycles. The van der Waals surface area contributed by atoms with Gasteiger partial charge in [0.25, 0.3) is 0 Å². The van der Waals surface area contributed by atoms with Gasteiger partial charge in [0, 0.05) is 6.92 Å². The van der Waals surface area contributed by atoms with Crippen molar-refractivity contribution in [1.82, 2.24) is 0 Å². The van der Waals surface area contributed by atoms with E-state index in [1.165, 1.54) is 18.1 Å². The Morgan fingerprint density at radius 1 is 0.944 bits per heavy atom. The largest absolute Gasteiger partial charge is 0.352 e. The normalized spacial score (nSPS) is 9.83. The third-order valence-corrected chi connectivity index (χ3v) is 2.43. The SMILES string of the molecule is CC(=O)OOc1ccc(Cc2ccccc2)cc1. The molecule has 0 heterocycles. The van der Waals surface area contributed by atoms with Gasteiger partial charge in [-0.25, -0.2) is 4.79 Å². The lowest BCUT2D eigenvalue weighted by Gasteiger charge is -2.04. The first kappa shape index (κ1) is 12.2. The second-order valence-electron chi connectivity index (χ2n) is 3.96. The summed E-state index contributed by atoms with van der Waals surface area (Å²) in [4.78, 5) is 19.8. The summed E-state index contributed by atoms with van der Waals surface area (Å²) >= 11 is 0. The van der Waals surface area contributed by atoms with Gasteiger partial charge < -0.3 is 0 Å². The zero-order valence-electron chi connectivity index (χ0n) is 10.1. The molecule has 0 aliphatic carbocycles. The molecule has 0 atom stereocenters.